The zero-order chi connectivity index (χ0) is 16.7. The van der Waals surface area contributed by atoms with Crippen LogP contribution in [0.3, 0.4) is 0 Å². The van der Waals surface area contributed by atoms with Gasteiger partial charge >= 0.3 is 0 Å². The third-order valence-electron chi connectivity index (χ3n) is 3.88. The smallest absolute Gasteiger partial charge is 0.246 e. The van der Waals surface area contributed by atoms with Crippen LogP contribution < -0.4 is 5.32 Å². The molecule has 0 saturated carbocycles. The highest BCUT2D eigenvalue weighted by molar-refractivity contribution is 5.79. The number of nitrogens with one attached hydrogen (secondary N) is 1. The van der Waals surface area contributed by atoms with E-state index in [9.17, 15) is 14.0 Å². The predicted octanol–water partition coefficient (Wildman–Crippen LogP) is 1.51. The molecular weight excluding hydrogens is 299 g/mol. The molecule has 1 saturated heterocycles. The molecule has 5 nitrogen and oxygen atoms in total. The lowest BCUT2D eigenvalue weighted by molar-refractivity contribution is -0.131. The lowest BCUT2D eigenvalue weighted by Crippen LogP contribution is -2.46. The second-order valence-corrected chi connectivity index (χ2v) is 5.62. The van der Waals surface area contributed by atoms with Gasteiger partial charge in [-0.25, -0.2) is 4.39 Å². The quantitative estimate of drug-likeness (QED) is 0.789. The molecule has 0 aliphatic carbocycles. The molecule has 0 spiro atoms. The van der Waals surface area contributed by atoms with Crippen LogP contribution in [-0.2, 0) is 20.7 Å². The number of hydrogen-bond acceptors (Lipinski definition) is 3. The Hall–Kier alpha value is -1.95. The van der Waals surface area contributed by atoms with E-state index >= 15 is 0 Å². The molecule has 1 fully saturated rings. The SMILES string of the molecule is CCOCC(=O)NCC(Cc1cccc(F)c1)N1CCCC1=O. The second-order valence-electron chi connectivity index (χ2n) is 5.62. The van der Waals surface area contributed by atoms with Crippen molar-refractivity contribution in [2.24, 2.45) is 0 Å². The Bertz CT molecular complexity index is 550. The van der Waals surface area contributed by atoms with Crippen molar-refractivity contribution in [1.82, 2.24) is 10.2 Å². The summed E-state index contributed by atoms with van der Waals surface area (Å²) in [5.74, 6) is -0.414. The molecule has 6 heteroatoms. The van der Waals surface area contributed by atoms with Gasteiger partial charge in [0.2, 0.25) is 11.8 Å². The van der Waals surface area contributed by atoms with E-state index in [1.54, 1.807) is 11.0 Å². The van der Waals surface area contributed by atoms with Crippen molar-refractivity contribution in [1.29, 1.82) is 0 Å². The van der Waals surface area contributed by atoms with Gasteiger partial charge in [0, 0.05) is 26.1 Å². The van der Waals surface area contributed by atoms with Crippen molar-refractivity contribution in [3.05, 3.63) is 35.6 Å². The summed E-state index contributed by atoms with van der Waals surface area (Å²) in [6.07, 6.45) is 1.87. The third-order valence-corrected chi connectivity index (χ3v) is 3.88. The molecule has 2 amide bonds. The van der Waals surface area contributed by atoms with Gasteiger partial charge < -0.3 is 15.0 Å². The minimum atomic E-state index is -0.297. The Labute approximate surface area is 135 Å². The molecule has 1 aliphatic heterocycles. The molecule has 126 valence electrons. The van der Waals surface area contributed by atoms with Gasteiger partial charge in [-0.1, -0.05) is 12.1 Å². The molecule has 1 aliphatic rings. The molecule has 1 heterocycles. The lowest BCUT2D eigenvalue weighted by Gasteiger charge is -2.28. The monoisotopic (exact) mass is 322 g/mol. The lowest BCUT2D eigenvalue weighted by atomic mass is 10.0. The summed E-state index contributed by atoms with van der Waals surface area (Å²) in [6.45, 7) is 3.33. The van der Waals surface area contributed by atoms with E-state index in [1.165, 1.54) is 12.1 Å². The zero-order valence-electron chi connectivity index (χ0n) is 13.4. The summed E-state index contributed by atoms with van der Waals surface area (Å²) in [4.78, 5) is 25.5. The number of carbonyl (C=O) groups is 2. The fourth-order valence-electron chi connectivity index (χ4n) is 2.76. The first-order valence-corrected chi connectivity index (χ1v) is 7.98. The van der Waals surface area contributed by atoms with E-state index < -0.39 is 0 Å². The minimum absolute atomic E-state index is 0.0110. The molecule has 23 heavy (non-hydrogen) atoms. The molecular formula is C17H23FN2O3. The van der Waals surface area contributed by atoms with Crippen LogP contribution in [0.15, 0.2) is 24.3 Å². The average molecular weight is 322 g/mol. The number of hydrogen-bond donors (Lipinski definition) is 1. The van der Waals surface area contributed by atoms with Gasteiger partial charge in [-0.15, -0.1) is 0 Å². The molecule has 1 atom stereocenters. The van der Waals surface area contributed by atoms with Crippen molar-refractivity contribution < 1.29 is 18.7 Å². The number of nitrogens with zero attached hydrogens (tertiary/aromatic N) is 1. The van der Waals surface area contributed by atoms with Crippen LogP contribution in [0, 0.1) is 5.82 Å². The fraction of sp³-hybridized carbons (Fsp3) is 0.529. The standard InChI is InChI=1S/C17H23FN2O3/c1-2-23-12-16(21)19-11-15(20-8-4-7-17(20)22)10-13-5-3-6-14(18)9-13/h3,5-6,9,15H,2,4,7-8,10-12H2,1H3,(H,19,21). The number of ether oxygens (including phenoxy) is 1. The van der Waals surface area contributed by atoms with Gasteiger partial charge in [-0.05, 0) is 37.5 Å². The van der Waals surface area contributed by atoms with Gasteiger partial charge in [-0.3, -0.25) is 9.59 Å². The van der Waals surface area contributed by atoms with Crippen LogP contribution in [0.1, 0.15) is 25.3 Å². The maximum Gasteiger partial charge on any atom is 0.246 e. The number of halogens is 1. The van der Waals surface area contributed by atoms with Gasteiger partial charge in [-0.2, -0.15) is 0 Å². The Balaban J connectivity index is 2.00. The Kier molecular flexibility index (Phi) is 6.52. The maximum atomic E-state index is 13.4. The molecule has 0 radical (unpaired) electrons. The Morgan fingerprint density at radius 2 is 2.30 bits per heavy atom. The number of likely N-dealkylation sites (tertiary alicyclic amines) is 1. The summed E-state index contributed by atoms with van der Waals surface area (Å²) in [7, 11) is 0. The van der Waals surface area contributed by atoms with Crippen LogP contribution in [-0.4, -0.2) is 49.1 Å². The molecule has 1 unspecified atom stereocenters. The highest BCUT2D eigenvalue weighted by atomic mass is 19.1. The first-order valence-electron chi connectivity index (χ1n) is 7.98. The van der Waals surface area contributed by atoms with Crippen LogP contribution in [0.2, 0.25) is 0 Å². The van der Waals surface area contributed by atoms with E-state index in [2.05, 4.69) is 5.32 Å². The number of amides is 2. The molecule has 1 aromatic rings. The normalized spacial score (nSPS) is 15.7. The average Bonchev–Trinajstić information content (AvgIpc) is 2.95. The fourth-order valence-corrected chi connectivity index (χ4v) is 2.76. The Morgan fingerprint density at radius 1 is 1.48 bits per heavy atom. The predicted molar refractivity (Wildman–Crippen MR) is 84.3 cm³/mol. The summed E-state index contributed by atoms with van der Waals surface area (Å²) in [5.41, 5.74) is 0.814. The number of rotatable bonds is 8. The van der Waals surface area contributed by atoms with Crippen molar-refractivity contribution in [3.8, 4) is 0 Å². The summed E-state index contributed by atoms with van der Waals surface area (Å²) < 4.78 is 18.4. The molecule has 1 aromatic carbocycles. The first-order chi connectivity index (χ1) is 11.1. The van der Waals surface area contributed by atoms with Crippen LogP contribution in [0.5, 0.6) is 0 Å². The molecule has 0 bridgehead atoms. The van der Waals surface area contributed by atoms with E-state index in [1.807, 2.05) is 13.0 Å². The second kappa shape index (κ2) is 8.62. The van der Waals surface area contributed by atoms with Crippen molar-refractivity contribution in [2.45, 2.75) is 32.2 Å². The van der Waals surface area contributed by atoms with Gasteiger partial charge in [0.05, 0.1) is 6.04 Å². The summed E-state index contributed by atoms with van der Waals surface area (Å²) >= 11 is 0. The van der Waals surface area contributed by atoms with Crippen molar-refractivity contribution in [2.75, 3.05) is 26.3 Å². The van der Waals surface area contributed by atoms with E-state index in [4.69, 9.17) is 4.74 Å². The third kappa shape index (κ3) is 5.32. The highest BCUT2D eigenvalue weighted by Crippen LogP contribution is 2.17. The van der Waals surface area contributed by atoms with Gasteiger partial charge in [0.25, 0.3) is 0 Å². The van der Waals surface area contributed by atoms with Gasteiger partial charge in [0.15, 0.2) is 0 Å². The van der Waals surface area contributed by atoms with Crippen LogP contribution in [0.25, 0.3) is 0 Å². The molecule has 0 aromatic heterocycles. The topological polar surface area (TPSA) is 58.6 Å². The highest BCUT2D eigenvalue weighted by Gasteiger charge is 2.28. The Morgan fingerprint density at radius 3 is 2.96 bits per heavy atom. The van der Waals surface area contributed by atoms with Crippen LogP contribution in [0.4, 0.5) is 4.39 Å². The number of carbonyl (C=O) groups excluding carboxylic acids is 2. The van der Waals surface area contributed by atoms with Gasteiger partial charge in [0.1, 0.15) is 12.4 Å². The first kappa shape index (κ1) is 17.4. The largest absolute Gasteiger partial charge is 0.372 e. The van der Waals surface area contributed by atoms with Crippen LogP contribution >= 0.6 is 0 Å². The van der Waals surface area contributed by atoms with E-state index in [-0.39, 0.29) is 30.3 Å². The molecule has 2 rings (SSSR count). The summed E-state index contributed by atoms with van der Waals surface area (Å²) in [5, 5.41) is 2.80. The minimum Gasteiger partial charge on any atom is -0.372 e. The number of benzene rings is 1. The van der Waals surface area contributed by atoms with Crippen molar-refractivity contribution in [3.63, 3.8) is 0 Å². The van der Waals surface area contributed by atoms with E-state index in [0.717, 1.165) is 12.0 Å². The molecule has 1 N–H and O–H groups in total. The maximum absolute atomic E-state index is 13.4. The summed E-state index contributed by atoms with van der Waals surface area (Å²) in [6, 6.07) is 6.18. The zero-order valence-corrected chi connectivity index (χ0v) is 13.4. The van der Waals surface area contributed by atoms with Crippen molar-refractivity contribution >= 4 is 11.8 Å². The van der Waals surface area contributed by atoms with E-state index in [0.29, 0.717) is 32.5 Å².